The molecule has 0 saturated heterocycles. The van der Waals surface area contributed by atoms with Gasteiger partial charge in [0.25, 0.3) is 0 Å². The Bertz CT molecular complexity index is 1220. The molecule has 0 unspecified atom stereocenters. The zero-order valence-electron chi connectivity index (χ0n) is 15.9. The highest BCUT2D eigenvalue weighted by Crippen LogP contribution is 2.31. The average molecular weight is 413 g/mol. The highest BCUT2D eigenvalue weighted by Gasteiger charge is 2.28. The van der Waals surface area contributed by atoms with Crippen LogP contribution in [0.1, 0.15) is 25.2 Å². The summed E-state index contributed by atoms with van der Waals surface area (Å²) in [6.07, 6.45) is 1.53. The van der Waals surface area contributed by atoms with Crippen molar-refractivity contribution >= 4 is 0 Å². The van der Waals surface area contributed by atoms with E-state index in [9.17, 15) is 17.6 Å². The van der Waals surface area contributed by atoms with Crippen molar-refractivity contribution in [3.63, 3.8) is 0 Å². The quantitative estimate of drug-likeness (QED) is 0.362. The van der Waals surface area contributed by atoms with Gasteiger partial charge >= 0.3 is 0 Å². The standard InChI is InChI=1S/C21H15F4N5/c1-21(2,16-8-9-30(29-16)14-6-7-17(22)28-20(14)25)15-5-3-4-13(26-15)12-10-18(23)27-19(24)11-12/h3-11H,1-2H3. The first kappa shape index (κ1) is 19.7. The molecule has 0 aliphatic rings. The van der Waals surface area contributed by atoms with Gasteiger partial charge in [0.05, 0.1) is 22.5 Å². The van der Waals surface area contributed by atoms with Gasteiger partial charge in [-0.2, -0.15) is 32.6 Å². The van der Waals surface area contributed by atoms with E-state index < -0.39 is 29.2 Å². The number of rotatable bonds is 4. The maximum Gasteiger partial charge on any atom is 0.241 e. The van der Waals surface area contributed by atoms with Crippen molar-refractivity contribution in [2.75, 3.05) is 0 Å². The van der Waals surface area contributed by atoms with Gasteiger partial charge in [0.15, 0.2) is 0 Å². The molecule has 0 spiro atoms. The van der Waals surface area contributed by atoms with Gasteiger partial charge in [-0.05, 0) is 44.2 Å². The van der Waals surface area contributed by atoms with Crippen molar-refractivity contribution in [2.45, 2.75) is 19.3 Å². The molecule has 4 heterocycles. The fraction of sp³-hybridized carbons (Fsp3) is 0.143. The molecule has 0 bridgehead atoms. The van der Waals surface area contributed by atoms with Crippen LogP contribution in [0, 0.1) is 23.8 Å². The van der Waals surface area contributed by atoms with Crippen molar-refractivity contribution in [1.82, 2.24) is 24.7 Å². The molecule has 30 heavy (non-hydrogen) atoms. The molecular formula is C21H15F4N5. The third-order valence-electron chi connectivity index (χ3n) is 4.72. The van der Waals surface area contributed by atoms with Crippen LogP contribution < -0.4 is 0 Å². The zero-order valence-corrected chi connectivity index (χ0v) is 15.9. The molecular weight excluding hydrogens is 398 g/mol. The molecule has 4 aromatic rings. The van der Waals surface area contributed by atoms with Crippen molar-refractivity contribution in [3.8, 4) is 16.9 Å². The molecule has 9 heteroatoms. The normalized spacial score (nSPS) is 11.7. The third-order valence-corrected chi connectivity index (χ3v) is 4.72. The van der Waals surface area contributed by atoms with Crippen LogP contribution in [0.15, 0.2) is 54.7 Å². The Kier molecular flexibility index (Phi) is 4.81. The minimum Gasteiger partial charge on any atom is -0.252 e. The van der Waals surface area contributed by atoms with Crippen LogP contribution in [0.3, 0.4) is 0 Å². The molecule has 0 aliphatic heterocycles. The predicted molar refractivity (Wildman–Crippen MR) is 101 cm³/mol. The molecule has 4 rings (SSSR count). The van der Waals surface area contributed by atoms with Crippen molar-refractivity contribution in [1.29, 1.82) is 0 Å². The molecule has 0 amide bonds. The topological polar surface area (TPSA) is 56.5 Å². The predicted octanol–water partition coefficient (Wildman–Crippen LogP) is 4.61. The van der Waals surface area contributed by atoms with E-state index in [-0.39, 0.29) is 11.3 Å². The smallest absolute Gasteiger partial charge is 0.241 e. The minimum absolute atomic E-state index is 0.00268. The second kappa shape index (κ2) is 7.33. The fourth-order valence-corrected chi connectivity index (χ4v) is 3.05. The maximum absolute atomic E-state index is 14.0. The lowest BCUT2D eigenvalue weighted by atomic mass is 9.85. The van der Waals surface area contributed by atoms with Crippen LogP contribution in [0.2, 0.25) is 0 Å². The molecule has 4 aromatic heterocycles. The highest BCUT2D eigenvalue weighted by atomic mass is 19.1. The molecule has 0 saturated carbocycles. The largest absolute Gasteiger partial charge is 0.252 e. The summed E-state index contributed by atoms with van der Waals surface area (Å²) in [7, 11) is 0. The van der Waals surface area contributed by atoms with Gasteiger partial charge < -0.3 is 0 Å². The zero-order chi connectivity index (χ0) is 21.5. The average Bonchev–Trinajstić information content (AvgIpc) is 3.18. The number of hydrogen-bond acceptors (Lipinski definition) is 4. The van der Waals surface area contributed by atoms with E-state index >= 15 is 0 Å². The van der Waals surface area contributed by atoms with Crippen LogP contribution in [-0.4, -0.2) is 24.7 Å². The Hall–Kier alpha value is -3.62. The molecule has 5 nitrogen and oxygen atoms in total. The fourth-order valence-electron chi connectivity index (χ4n) is 3.05. The van der Waals surface area contributed by atoms with Gasteiger partial charge in [-0.25, -0.2) is 4.68 Å². The van der Waals surface area contributed by atoms with E-state index in [0.717, 1.165) is 18.2 Å². The van der Waals surface area contributed by atoms with Gasteiger partial charge in [-0.15, -0.1) is 0 Å². The lowest BCUT2D eigenvalue weighted by molar-refractivity contribution is 0.503. The molecule has 0 atom stereocenters. The summed E-state index contributed by atoms with van der Waals surface area (Å²) in [6, 6.07) is 11.3. The van der Waals surface area contributed by atoms with Crippen LogP contribution >= 0.6 is 0 Å². The van der Waals surface area contributed by atoms with Gasteiger partial charge in [0.1, 0.15) is 5.69 Å². The summed E-state index contributed by atoms with van der Waals surface area (Å²) < 4.78 is 55.3. The Morgan fingerprint density at radius 1 is 0.767 bits per heavy atom. The van der Waals surface area contributed by atoms with Crippen molar-refractivity contribution < 1.29 is 17.6 Å². The molecule has 0 aliphatic carbocycles. The van der Waals surface area contributed by atoms with Gasteiger partial charge in [-0.3, -0.25) is 4.98 Å². The van der Waals surface area contributed by atoms with E-state index in [4.69, 9.17) is 0 Å². The Labute approximate surface area is 169 Å². The summed E-state index contributed by atoms with van der Waals surface area (Å²) in [5.74, 6) is -3.78. The Morgan fingerprint density at radius 3 is 2.20 bits per heavy atom. The molecule has 0 fully saturated rings. The summed E-state index contributed by atoms with van der Waals surface area (Å²) in [5, 5.41) is 4.39. The number of halogens is 4. The number of aromatic nitrogens is 5. The number of nitrogens with zero attached hydrogens (tertiary/aromatic N) is 5. The van der Waals surface area contributed by atoms with Crippen LogP contribution in [0.4, 0.5) is 17.6 Å². The van der Waals surface area contributed by atoms with E-state index in [1.807, 2.05) is 13.8 Å². The lowest BCUT2D eigenvalue weighted by Gasteiger charge is -2.22. The first-order valence-corrected chi connectivity index (χ1v) is 8.93. The number of hydrogen-bond donors (Lipinski definition) is 0. The van der Waals surface area contributed by atoms with Crippen molar-refractivity contribution in [2.24, 2.45) is 0 Å². The lowest BCUT2D eigenvalue weighted by Crippen LogP contribution is -2.22. The second-order valence-corrected chi connectivity index (χ2v) is 7.12. The van der Waals surface area contributed by atoms with Gasteiger partial charge in [0, 0.05) is 23.9 Å². The van der Waals surface area contributed by atoms with E-state index in [2.05, 4.69) is 20.1 Å². The molecule has 0 radical (unpaired) electrons. The Balaban J connectivity index is 1.71. The van der Waals surface area contributed by atoms with E-state index in [0.29, 0.717) is 17.1 Å². The Morgan fingerprint density at radius 2 is 1.50 bits per heavy atom. The summed E-state index contributed by atoms with van der Waals surface area (Å²) in [4.78, 5) is 10.8. The number of pyridine rings is 3. The monoisotopic (exact) mass is 413 g/mol. The first-order valence-electron chi connectivity index (χ1n) is 8.93. The van der Waals surface area contributed by atoms with E-state index in [1.165, 1.54) is 16.9 Å². The van der Waals surface area contributed by atoms with E-state index in [1.54, 1.807) is 24.3 Å². The molecule has 152 valence electrons. The summed E-state index contributed by atoms with van der Waals surface area (Å²) in [5.41, 5.74) is 1.04. The minimum atomic E-state index is -0.982. The summed E-state index contributed by atoms with van der Waals surface area (Å²) >= 11 is 0. The van der Waals surface area contributed by atoms with Crippen LogP contribution in [-0.2, 0) is 5.41 Å². The van der Waals surface area contributed by atoms with Crippen molar-refractivity contribution in [3.05, 3.63) is 89.9 Å². The highest BCUT2D eigenvalue weighted by molar-refractivity contribution is 5.59. The van der Waals surface area contributed by atoms with Crippen LogP contribution in [0.5, 0.6) is 0 Å². The molecule has 0 N–H and O–H groups in total. The maximum atomic E-state index is 14.0. The first-order chi connectivity index (χ1) is 14.2. The second-order valence-electron chi connectivity index (χ2n) is 7.12. The molecule has 0 aromatic carbocycles. The SMILES string of the molecule is CC(C)(c1cccc(-c2cc(F)nc(F)c2)n1)c1ccn(-c2ccc(F)nc2F)n1. The third kappa shape index (κ3) is 3.66. The summed E-state index contributed by atoms with van der Waals surface area (Å²) in [6.45, 7) is 3.72. The van der Waals surface area contributed by atoms with Crippen LogP contribution in [0.25, 0.3) is 16.9 Å². The van der Waals surface area contributed by atoms with Gasteiger partial charge in [0.2, 0.25) is 23.8 Å². The van der Waals surface area contributed by atoms with Gasteiger partial charge in [-0.1, -0.05) is 6.07 Å².